The molecule has 0 saturated carbocycles. The van der Waals surface area contributed by atoms with Gasteiger partial charge in [-0.25, -0.2) is 0 Å². The quantitative estimate of drug-likeness (QED) is 0.659. The molecule has 1 fully saturated rings. The molecule has 142 valence electrons. The van der Waals surface area contributed by atoms with Crippen molar-refractivity contribution >= 4 is 5.65 Å². The molecule has 0 spiro atoms. The molecule has 0 radical (unpaired) electrons. The van der Waals surface area contributed by atoms with Crippen LogP contribution in [0.25, 0.3) is 17.0 Å². The van der Waals surface area contributed by atoms with Crippen LogP contribution >= 0.6 is 0 Å². The van der Waals surface area contributed by atoms with Crippen LogP contribution < -0.4 is 4.74 Å². The third kappa shape index (κ3) is 4.04. The SMILES string of the molecule is FC(F)Oc1ccc(-c2nnc3cncc(CCN4CCOCC4)n23)cc1. The predicted octanol–water partition coefficient (Wildman–Crippen LogP) is 2.27. The number of halogens is 2. The van der Waals surface area contributed by atoms with Crippen LogP contribution in [-0.4, -0.2) is 63.9 Å². The van der Waals surface area contributed by atoms with Gasteiger partial charge in [0.2, 0.25) is 0 Å². The van der Waals surface area contributed by atoms with Crippen molar-refractivity contribution in [3.63, 3.8) is 0 Å². The molecule has 1 aliphatic rings. The minimum absolute atomic E-state index is 0.108. The molecule has 1 aliphatic heterocycles. The Morgan fingerprint density at radius 2 is 1.85 bits per heavy atom. The highest BCUT2D eigenvalue weighted by molar-refractivity contribution is 5.60. The molecule has 0 atom stereocenters. The summed E-state index contributed by atoms with van der Waals surface area (Å²) in [5.41, 5.74) is 2.41. The fourth-order valence-corrected chi connectivity index (χ4v) is 3.16. The summed E-state index contributed by atoms with van der Waals surface area (Å²) in [5.74, 6) is 0.754. The van der Waals surface area contributed by atoms with Crippen LogP contribution in [0.3, 0.4) is 0 Å². The van der Waals surface area contributed by atoms with Gasteiger partial charge < -0.3 is 9.47 Å². The zero-order chi connectivity index (χ0) is 18.6. The van der Waals surface area contributed by atoms with E-state index in [0.717, 1.165) is 50.5 Å². The number of hydrogen-bond acceptors (Lipinski definition) is 6. The Hall–Kier alpha value is -2.65. The number of nitrogens with zero attached hydrogens (tertiary/aromatic N) is 5. The first-order valence-electron chi connectivity index (χ1n) is 8.74. The highest BCUT2D eigenvalue weighted by Crippen LogP contribution is 2.23. The normalized spacial score (nSPS) is 15.5. The minimum Gasteiger partial charge on any atom is -0.435 e. The van der Waals surface area contributed by atoms with Crippen LogP contribution in [0, 0.1) is 0 Å². The molecule has 9 heteroatoms. The van der Waals surface area contributed by atoms with E-state index in [1.165, 1.54) is 12.1 Å². The van der Waals surface area contributed by atoms with E-state index >= 15 is 0 Å². The van der Waals surface area contributed by atoms with Gasteiger partial charge in [0, 0.05) is 43.5 Å². The number of rotatable bonds is 6. The third-order valence-electron chi connectivity index (χ3n) is 4.51. The Morgan fingerprint density at radius 3 is 2.59 bits per heavy atom. The molecule has 4 rings (SSSR count). The monoisotopic (exact) mass is 375 g/mol. The van der Waals surface area contributed by atoms with Crippen LogP contribution in [0.15, 0.2) is 36.7 Å². The maximum Gasteiger partial charge on any atom is 0.387 e. The van der Waals surface area contributed by atoms with E-state index in [2.05, 4.69) is 24.8 Å². The number of morpholine rings is 1. The van der Waals surface area contributed by atoms with E-state index < -0.39 is 6.61 Å². The molecule has 0 amide bonds. The summed E-state index contributed by atoms with van der Waals surface area (Å²) in [6.45, 7) is 1.40. The largest absolute Gasteiger partial charge is 0.435 e. The third-order valence-corrected chi connectivity index (χ3v) is 4.51. The molecule has 7 nitrogen and oxygen atoms in total. The molecular weight excluding hydrogens is 356 g/mol. The molecule has 0 N–H and O–H groups in total. The second-order valence-electron chi connectivity index (χ2n) is 6.22. The van der Waals surface area contributed by atoms with Crippen molar-refractivity contribution in [3.05, 3.63) is 42.4 Å². The summed E-state index contributed by atoms with van der Waals surface area (Å²) in [5, 5.41) is 8.45. The predicted molar refractivity (Wildman–Crippen MR) is 93.8 cm³/mol. The second kappa shape index (κ2) is 7.93. The number of benzene rings is 1. The first-order valence-corrected chi connectivity index (χ1v) is 8.74. The lowest BCUT2D eigenvalue weighted by molar-refractivity contribution is -0.0498. The maximum atomic E-state index is 12.3. The molecule has 0 bridgehead atoms. The van der Waals surface area contributed by atoms with Gasteiger partial charge in [-0.15, -0.1) is 10.2 Å². The molecule has 1 saturated heterocycles. The number of aromatic nitrogens is 4. The number of fused-ring (bicyclic) bond motifs is 1. The average Bonchev–Trinajstić information content (AvgIpc) is 3.12. The second-order valence-corrected chi connectivity index (χ2v) is 6.22. The van der Waals surface area contributed by atoms with Crippen LogP contribution in [0.1, 0.15) is 5.69 Å². The van der Waals surface area contributed by atoms with E-state index in [4.69, 9.17) is 4.74 Å². The Kier molecular flexibility index (Phi) is 5.21. The molecule has 3 aromatic rings. The topological polar surface area (TPSA) is 64.8 Å². The lowest BCUT2D eigenvalue weighted by Crippen LogP contribution is -2.37. The van der Waals surface area contributed by atoms with Gasteiger partial charge in [-0.1, -0.05) is 0 Å². The van der Waals surface area contributed by atoms with E-state index in [9.17, 15) is 8.78 Å². The lowest BCUT2D eigenvalue weighted by Gasteiger charge is -2.26. The highest BCUT2D eigenvalue weighted by Gasteiger charge is 2.15. The van der Waals surface area contributed by atoms with E-state index in [-0.39, 0.29) is 5.75 Å². The summed E-state index contributed by atoms with van der Waals surface area (Å²) in [6, 6.07) is 6.38. The first kappa shape index (κ1) is 17.7. The molecule has 3 heterocycles. The summed E-state index contributed by atoms with van der Waals surface area (Å²) >= 11 is 0. The maximum absolute atomic E-state index is 12.3. The minimum atomic E-state index is -2.84. The summed E-state index contributed by atoms with van der Waals surface area (Å²) in [4.78, 5) is 6.61. The smallest absolute Gasteiger partial charge is 0.387 e. The van der Waals surface area contributed by atoms with Crippen molar-refractivity contribution in [3.8, 4) is 17.1 Å². The van der Waals surface area contributed by atoms with E-state index in [1.807, 2.05) is 10.6 Å². The Morgan fingerprint density at radius 1 is 1.07 bits per heavy atom. The van der Waals surface area contributed by atoms with Crippen molar-refractivity contribution in [2.75, 3.05) is 32.8 Å². The summed E-state index contributed by atoms with van der Waals surface area (Å²) in [7, 11) is 0. The van der Waals surface area contributed by atoms with Crippen molar-refractivity contribution < 1.29 is 18.3 Å². The molecule has 2 aromatic heterocycles. The Bertz CT molecular complexity index is 894. The number of alkyl halides is 2. The molecule has 0 aliphatic carbocycles. The van der Waals surface area contributed by atoms with Crippen LogP contribution in [-0.2, 0) is 11.2 Å². The summed E-state index contributed by atoms with van der Waals surface area (Å²) in [6.07, 6.45) is 4.26. The van der Waals surface area contributed by atoms with Crippen molar-refractivity contribution in [2.45, 2.75) is 13.0 Å². The average molecular weight is 375 g/mol. The van der Waals surface area contributed by atoms with Crippen LogP contribution in [0.4, 0.5) is 8.78 Å². The van der Waals surface area contributed by atoms with Gasteiger partial charge in [-0.2, -0.15) is 8.78 Å². The molecular formula is C18H19F2N5O2. The van der Waals surface area contributed by atoms with Gasteiger partial charge in [0.15, 0.2) is 11.5 Å². The van der Waals surface area contributed by atoms with E-state index in [1.54, 1.807) is 18.3 Å². The van der Waals surface area contributed by atoms with Gasteiger partial charge in [0.1, 0.15) is 5.75 Å². The molecule has 1 aromatic carbocycles. The van der Waals surface area contributed by atoms with Crippen LogP contribution in [0.2, 0.25) is 0 Å². The van der Waals surface area contributed by atoms with Gasteiger partial charge in [0.05, 0.1) is 19.4 Å². The highest BCUT2D eigenvalue weighted by atomic mass is 19.3. The van der Waals surface area contributed by atoms with E-state index in [0.29, 0.717) is 11.5 Å². The van der Waals surface area contributed by atoms with Crippen molar-refractivity contribution in [1.82, 2.24) is 24.5 Å². The van der Waals surface area contributed by atoms with Crippen molar-refractivity contribution in [2.24, 2.45) is 0 Å². The fourth-order valence-electron chi connectivity index (χ4n) is 3.16. The van der Waals surface area contributed by atoms with Crippen LogP contribution in [0.5, 0.6) is 5.75 Å². The van der Waals surface area contributed by atoms with Gasteiger partial charge in [0.25, 0.3) is 0 Å². The lowest BCUT2D eigenvalue weighted by atomic mass is 10.2. The van der Waals surface area contributed by atoms with Gasteiger partial charge in [-0.05, 0) is 24.3 Å². The summed E-state index contributed by atoms with van der Waals surface area (Å²) < 4.78 is 36.4. The number of hydrogen-bond donors (Lipinski definition) is 0. The zero-order valence-corrected chi connectivity index (χ0v) is 14.6. The fraction of sp³-hybridized carbons (Fsp3) is 0.389. The molecule has 0 unspecified atom stereocenters. The van der Waals surface area contributed by atoms with Crippen molar-refractivity contribution in [1.29, 1.82) is 0 Å². The first-order chi connectivity index (χ1) is 13.2. The molecule has 27 heavy (non-hydrogen) atoms. The van der Waals surface area contributed by atoms with Gasteiger partial charge >= 0.3 is 6.61 Å². The zero-order valence-electron chi connectivity index (χ0n) is 14.6. The number of ether oxygens (including phenoxy) is 2. The standard InChI is InChI=1S/C18H19F2N5O2/c19-18(20)27-15-3-1-13(2-4-15)17-23-22-16-12-21-11-14(25(16)17)5-6-24-7-9-26-10-8-24/h1-4,11-12,18H,5-10H2. The Balaban J connectivity index is 1.59. The Labute approximate surface area is 154 Å². The van der Waals surface area contributed by atoms with Gasteiger partial charge in [-0.3, -0.25) is 14.3 Å².